The van der Waals surface area contributed by atoms with Crippen LogP contribution in [-0.2, 0) is 16.2 Å². The van der Waals surface area contributed by atoms with Gasteiger partial charge in [-0.3, -0.25) is 9.59 Å². The Bertz CT molecular complexity index is 712. The van der Waals surface area contributed by atoms with Crippen LogP contribution >= 0.6 is 11.6 Å². The molecule has 23 heavy (non-hydrogen) atoms. The first kappa shape index (κ1) is 16.5. The second-order valence-corrected chi connectivity index (χ2v) is 4.98. The lowest BCUT2D eigenvalue weighted by Crippen LogP contribution is -2.32. The molecule has 0 saturated heterocycles. The van der Waals surface area contributed by atoms with Gasteiger partial charge in [0.25, 0.3) is 0 Å². The van der Waals surface area contributed by atoms with Crippen molar-refractivity contribution in [3.05, 3.63) is 64.7 Å². The summed E-state index contributed by atoms with van der Waals surface area (Å²) in [5.41, 5.74) is 8.53. The van der Waals surface area contributed by atoms with Crippen molar-refractivity contribution in [1.29, 1.82) is 0 Å². The summed E-state index contributed by atoms with van der Waals surface area (Å²) in [6.07, 6.45) is 1.39. The molecular weight excluding hydrogens is 318 g/mol. The third kappa shape index (κ3) is 5.44. The first-order valence-electron chi connectivity index (χ1n) is 6.65. The number of hydrazone groups is 1. The zero-order chi connectivity index (χ0) is 16.7. The molecule has 0 aliphatic carbocycles. The normalized spacial score (nSPS) is 10.5. The zero-order valence-corrected chi connectivity index (χ0v) is 12.8. The molecule has 7 heteroatoms. The van der Waals surface area contributed by atoms with Crippen molar-refractivity contribution >= 4 is 29.6 Å². The third-order valence-corrected chi connectivity index (χ3v) is 3.05. The smallest absolute Gasteiger partial charge is 0.329 e. The van der Waals surface area contributed by atoms with Crippen LogP contribution in [-0.4, -0.2) is 18.0 Å². The molecule has 0 fully saturated rings. The number of hydrogen-bond donors (Lipinski definition) is 2. The average molecular weight is 332 g/mol. The summed E-state index contributed by atoms with van der Waals surface area (Å²) >= 11 is 5.82. The molecule has 3 N–H and O–H groups in total. The van der Waals surface area contributed by atoms with Gasteiger partial charge in [0.2, 0.25) is 0 Å². The highest BCUT2D eigenvalue weighted by atomic mass is 35.5. The zero-order valence-electron chi connectivity index (χ0n) is 12.0. The molecule has 2 amide bonds. The second kappa shape index (κ2) is 7.95. The molecule has 0 saturated carbocycles. The van der Waals surface area contributed by atoms with Crippen LogP contribution in [0.25, 0.3) is 0 Å². The minimum Gasteiger partial charge on any atom is -0.489 e. The van der Waals surface area contributed by atoms with Gasteiger partial charge in [0, 0.05) is 5.02 Å². The Hall–Kier alpha value is -2.86. The van der Waals surface area contributed by atoms with Crippen LogP contribution in [0.2, 0.25) is 5.02 Å². The molecule has 0 aromatic heterocycles. The summed E-state index contributed by atoms with van der Waals surface area (Å²) in [5, 5.41) is 4.30. The van der Waals surface area contributed by atoms with Crippen molar-refractivity contribution in [1.82, 2.24) is 5.43 Å². The molecule has 0 bridgehead atoms. The van der Waals surface area contributed by atoms with Gasteiger partial charge < -0.3 is 10.5 Å². The summed E-state index contributed by atoms with van der Waals surface area (Å²) in [5.74, 6) is -1.37. The quantitative estimate of drug-likeness (QED) is 0.497. The molecule has 2 rings (SSSR count). The molecule has 0 unspecified atom stereocenters. The third-order valence-electron chi connectivity index (χ3n) is 2.80. The fraction of sp³-hybridized carbons (Fsp3) is 0.0625. The van der Waals surface area contributed by atoms with Crippen molar-refractivity contribution in [2.24, 2.45) is 10.8 Å². The van der Waals surface area contributed by atoms with Gasteiger partial charge in [0.15, 0.2) is 0 Å². The number of amides is 2. The standard InChI is InChI=1S/C16H14ClN3O3/c17-13-5-1-12(2-6-13)10-23-14-7-3-11(4-8-14)9-19-20-16(22)15(18)21/h1-9H,10H2,(H2,18,21)(H,20,22)/b19-9-. The Morgan fingerprint density at radius 2 is 1.78 bits per heavy atom. The highest BCUT2D eigenvalue weighted by Crippen LogP contribution is 2.15. The van der Waals surface area contributed by atoms with E-state index in [-0.39, 0.29) is 0 Å². The molecule has 118 valence electrons. The Morgan fingerprint density at radius 3 is 2.39 bits per heavy atom. The summed E-state index contributed by atoms with van der Waals surface area (Å²) < 4.78 is 5.64. The largest absolute Gasteiger partial charge is 0.489 e. The molecule has 6 nitrogen and oxygen atoms in total. The van der Waals surface area contributed by atoms with Gasteiger partial charge in [-0.05, 0) is 47.5 Å². The molecule has 0 heterocycles. The number of halogens is 1. The summed E-state index contributed by atoms with van der Waals surface area (Å²) in [4.78, 5) is 21.4. The second-order valence-electron chi connectivity index (χ2n) is 4.55. The van der Waals surface area contributed by atoms with Crippen LogP contribution in [0.5, 0.6) is 5.75 Å². The van der Waals surface area contributed by atoms with Gasteiger partial charge in [-0.2, -0.15) is 5.10 Å². The average Bonchev–Trinajstić information content (AvgIpc) is 2.55. The predicted molar refractivity (Wildman–Crippen MR) is 87.2 cm³/mol. The lowest BCUT2D eigenvalue weighted by Gasteiger charge is -2.06. The number of rotatable bonds is 5. The van der Waals surface area contributed by atoms with Gasteiger partial charge in [0.1, 0.15) is 12.4 Å². The minimum atomic E-state index is -1.09. The number of carbonyl (C=O) groups excluding carboxylic acids is 2. The van der Waals surface area contributed by atoms with E-state index in [1.54, 1.807) is 36.4 Å². The summed E-state index contributed by atoms with van der Waals surface area (Å²) in [6, 6.07) is 14.5. The van der Waals surface area contributed by atoms with Crippen LogP contribution < -0.4 is 15.9 Å². The molecule has 0 atom stereocenters. The number of nitrogens with zero attached hydrogens (tertiary/aromatic N) is 1. The molecule has 2 aromatic rings. The van der Waals surface area contributed by atoms with Crippen LogP contribution in [0.4, 0.5) is 0 Å². The molecule has 0 spiro atoms. The van der Waals surface area contributed by atoms with E-state index in [1.165, 1.54) is 6.21 Å². The van der Waals surface area contributed by atoms with Crippen molar-refractivity contribution in [3.63, 3.8) is 0 Å². The Morgan fingerprint density at radius 1 is 1.13 bits per heavy atom. The number of hydrogen-bond acceptors (Lipinski definition) is 4. The van der Waals surface area contributed by atoms with E-state index in [1.807, 2.05) is 17.6 Å². The van der Waals surface area contributed by atoms with Crippen LogP contribution in [0.1, 0.15) is 11.1 Å². The van der Waals surface area contributed by atoms with E-state index in [4.69, 9.17) is 22.1 Å². The number of primary amides is 1. The SMILES string of the molecule is NC(=O)C(=O)N/N=C\c1ccc(OCc2ccc(Cl)cc2)cc1. The number of carbonyl (C=O) groups is 2. The fourth-order valence-electron chi connectivity index (χ4n) is 1.62. The van der Waals surface area contributed by atoms with E-state index < -0.39 is 11.8 Å². The number of nitrogens with one attached hydrogen (secondary N) is 1. The van der Waals surface area contributed by atoms with E-state index >= 15 is 0 Å². The fourth-order valence-corrected chi connectivity index (χ4v) is 1.74. The Labute approximate surface area is 137 Å². The van der Waals surface area contributed by atoms with Gasteiger partial charge in [-0.15, -0.1) is 0 Å². The van der Waals surface area contributed by atoms with Crippen LogP contribution in [0.15, 0.2) is 53.6 Å². The van der Waals surface area contributed by atoms with Gasteiger partial charge >= 0.3 is 11.8 Å². The highest BCUT2D eigenvalue weighted by Gasteiger charge is 2.05. The maximum atomic E-state index is 10.9. The predicted octanol–water partition coefficient (Wildman–Crippen LogP) is 1.85. The summed E-state index contributed by atoms with van der Waals surface area (Å²) in [6.45, 7) is 0.430. The lowest BCUT2D eigenvalue weighted by atomic mass is 10.2. The first-order chi connectivity index (χ1) is 11.0. The van der Waals surface area contributed by atoms with Gasteiger partial charge in [-0.25, -0.2) is 5.43 Å². The van der Waals surface area contributed by atoms with E-state index in [0.29, 0.717) is 17.4 Å². The number of ether oxygens (including phenoxy) is 1. The van der Waals surface area contributed by atoms with Crippen LogP contribution in [0, 0.1) is 0 Å². The Balaban J connectivity index is 1.86. The van der Waals surface area contributed by atoms with Crippen LogP contribution in [0.3, 0.4) is 0 Å². The maximum Gasteiger partial charge on any atom is 0.329 e. The van der Waals surface area contributed by atoms with Gasteiger partial charge in [-0.1, -0.05) is 23.7 Å². The van der Waals surface area contributed by atoms with Crippen molar-refractivity contribution in [2.45, 2.75) is 6.61 Å². The summed E-state index contributed by atoms with van der Waals surface area (Å²) in [7, 11) is 0. The topological polar surface area (TPSA) is 93.8 Å². The van der Waals surface area contributed by atoms with E-state index in [2.05, 4.69) is 5.10 Å². The molecule has 0 radical (unpaired) electrons. The van der Waals surface area contributed by atoms with E-state index in [0.717, 1.165) is 11.1 Å². The number of nitrogens with two attached hydrogens (primary N) is 1. The van der Waals surface area contributed by atoms with Crippen molar-refractivity contribution in [2.75, 3.05) is 0 Å². The van der Waals surface area contributed by atoms with Gasteiger partial charge in [0.05, 0.1) is 6.21 Å². The lowest BCUT2D eigenvalue weighted by molar-refractivity contribution is -0.137. The molecule has 0 aliphatic rings. The first-order valence-corrected chi connectivity index (χ1v) is 7.02. The minimum absolute atomic E-state index is 0.430. The maximum absolute atomic E-state index is 10.9. The molecular formula is C16H14ClN3O3. The molecule has 0 aliphatic heterocycles. The van der Waals surface area contributed by atoms with Crippen molar-refractivity contribution in [3.8, 4) is 5.75 Å². The van der Waals surface area contributed by atoms with Crippen molar-refractivity contribution < 1.29 is 14.3 Å². The Kier molecular flexibility index (Phi) is 5.71. The highest BCUT2D eigenvalue weighted by molar-refractivity contribution is 6.34. The monoisotopic (exact) mass is 331 g/mol. The van der Waals surface area contributed by atoms with E-state index in [9.17, 15) is 9.59 Å². The number of benzene rings is 2. The molecule has 2 aromatic carbocycles.